The Balaban J connectivity index is 1.74. The second-order valence-corrected chi connectivity index (χ2v) is 5.12. The molecule has 0 bridgehead atoms. The first-order chi connectivity index (χ1) is 10.8. The fourth-order valence-corrected chi connectivity index (χ4v) is 2.54. The van der Waals surface area contributed by atoms with Crippen LogP contribution in [0, 0.1) is 0 Å². The predicted molar refractivity (Wildman–Crippen MR) is 87.6 cm³/mol. The molecule has 0 saturated carbocycles. The van der Waals surface area contributed by atoms with Crippen molar-refractivity contribution in [3.05, 3.63) is 77.2 Å². The highest BCUT2D eigenvalue weighted by molar-refractivity contribution is 5.75. The summed E-state index contributed by atoms with van der Waals surface area (Å²) in [5, 5.41) is 0. The number of nitrogens with zero attached hydrogens (tertiary/aromatic N) is 1. The third kappa shape index (κ3) is 2.20. The SMILES string of the molecule is O=c1[nH]c2ccc(-c3ccc(-c4ccccc4)cc3)nc2[nH]1. The van der Waals surface area contributed by atoms with E-state index in [0.717, 1.165) is 16.8 Å². The highest BCUT2D eigenvalue weighted by atomic mass is 16.1. The Hall–Kier alpha value is -3.14. The fourth-order valence-electron chi connectivity index (χ4n) is 2.54. The lowest BCUT2D eigenvalue weighted by Crippen LogP contribution is -1.99. The van der Waals surface area contributed by atoms with E-state index in [1.165, 1.54) is 11.1 Å². The van der Waals surface area contributed by atoms with Gasteiger partial charge in [-0.15, -0.1) is 0 Å². The number of nitrogens with one attached hydrogen (secondary N) is 2. The molecule has 4 nitrogen and oxygen atoms in total. The van der Waals surface area contributed by atoms with Gasteiger partial charge in [0, 0.05) is 5.56 Å². The lowest BCUT2D eigenvalue weighted by atomic mass is 10.0. The van der Waals surface area contributed by atoms with Crippen LogP contribution in [0.1, 0.15) is 0 Å². The summed E-state index contributed by atoms with van der Waals surface area (Å²) in [5.41, 5.74) is 5.27. The van der Waals surface area contributed by atoms with Crippen LogP contribution in [0.2, 0.25) is 0 Å². The van der Waals surface area contributed by atoms with E-state index in [1.807, 2.05) is 42.5 Å². The Labute approximate surface area is 126 Å². The first-order valence-electron chi connectivity index (χ1n) is 7.04. The quantitative estimate of drug-likeness (QED) is 0.592. The zero-order chi connectivity index (χ0) is 14.9. The minimum absolute atomic E-state index is 0.237. The highest BCUT2D eigenvalue weighted by Gasteiger charge is 2.04. The van der Waals surface area contributed by atoms with Crippen molar-refractivity contribution in [1.82, 2.24) is 15.0 Å². The number of aromatic nitrogens is 3. The number of hydrogen-bond acceptors (Lipinski definition) is 2. The Kier molecular flexibility index (Phi) is 2.86. The molecule has 0 atom stereocenters. The predicted octanol–water partition coefficient (Wildman–Crippen LogP) is 3.59. The van der Waals surface area contributed by atoms with E-state index < -0.39 is 0 Å². The Morgan fingerprint density at radius 3 is 2.14 bits per heavy atom. The van der Waals surface area contributed by atoms with Gasteiger partial charge in [0.25, 0.3) is 0 Å². The van der Waals surface area contributed by atoms with Gasteiger partial charge in [-0.2, -0.15) is 0 Å². The number of H-pyrrole nitrogens is 2. The molecule has 0 fully saturated rings. The summed E-state index contributed by atoms with van der Waals surface area (Å²) < 4.78 is 0. The van der Waals surface area contributed by atoms with Gasteiger partial charge < -0.3 is 4.98 Å². The van der Waals surface area contributed by atoms with Crippen LogP contribution in [0.15, 0.2) is 71.5 Å². The molecule has 0 spiro atoms. The topological polar surface area (TPSA) is 61.5 Å². The van der Waals surface area contributed by atoms with E-state index in [1.54, 1.807) is 0 Å². The molecule has 4 heteroatoms. The van der Waals surface area contributed by atoms with Gasteiger partial charge in [0.1, 0.15) is 0 Å². The van der Waals surface area contributed by atoms with Crippen LogP contribution in [0.3, 0.4) is 0 Å². The maximum atomic E-state index is 11.3. The number of imidazole rings is 1. The van der Waals surface area contributed by atoms with Crippen molar-refractivity contribution in [3.8, 4) is 22.4 Å². The molecule has 2 aromatic heterocycles. The van der Waals surface area contributed by atoms with Gasteiger partial charge >= 0.3 is 5.69 Å². The fraction of sp³-hybridized carbons (Fsp3) is 0. The zero-order valence-corrected chi connectivity index (χ0v) is 11.7. The average molecular weight is 287 g/mol. The highest BCUT2D eigenvalue weighted by Crippen LogP contribution is 2.24. The minimum Gasteiger partial charge on any atom is -0.304 e. The number of pyridine rings is 1. The van der Waals surface area contributed by atoms with E-state index >= 15 is 0 Å². The standard InChI is InChI=1S/C18H13N3O/c22-18-20-16-11-10-15(19-17(16)21-18)14-8-6-13(7-9-14)12-4-2-1-3-5-12/h1-11H,(H2,19,20,21,22). The Morgan fingerprint density at radius 1 is 0.682 bits per heavy atom. The largest absolute Gasteiger partial charge is 0.325 e. The molecular weight excluding hydrogens is 274 g/mol. The third-order valence-corrected chi connectivity index (χ3v) is 3.66. The van der Waals surface area contributed by atoms with Crippen molar-refractivity contribution in [1.29, 1.82) is 0 Å². The molecule has 0 unspecified atom stereocenters. The summed E-state index contributed by atoms with van der Waals surface area (Å²) >= 11 is 0. The lowest BCUT2D eigenvalue weighted by molar-refractivity contribution is 1.20. The molecule has 0 aliphatic rings. The van der Waals surface area contributed by atoms with E-state index in [0.29, 0.717) is 5.65 Å². The summed E-state index contributed by atoms with van der Waals surface area (Å²) in [4.78, 5) is 21.1. The van der Waals surface area contributed by atoms with Gasteiger partial charge in [0.2, 0.25) is 0 Å². The van der Waals surface area contributed by atoms with Crippen LogP contribution < -0.4 is 5.69 Å². The molecule has 0 saturated heterocycles. The average Bonchev–Trinajstić information content (AvgIpc) is 2.95. The van der Waals surface area contributed by atoms with Crippen LogP contribution in [0.25, 0.3) is 33.5 Å². The third-order valence-electron chi connectivity index (χ3n) is 3.66. The summed E-state index contributed by atoms with van der Waals surface area (Å²) in [5.74, 6) is 0. The van der Waals surface area contributed by atoms with Crippen molar-refractivity contribution < 1.29 is 0 Å². The molecule has 4 aromatic rings. The first kappa shape index (κ1) is 12.6. The Bertz CT molecular complexity index is 982. The maximum Gasteiger partial charge on any atom is 0.325 e. The molecule has 106 valence electrons. The van der Waals surface area contributed by atoms with Gasteiger partial charge in [-0.1, -0.05) is 54.6 Å². The molecule has 2 N–H and O–H groups in total. The van der Waals surface area contributed by atoms with Gasteiger partial charge in [0.15, 0.2) is 5.65 Å². The molecule has 2 heterocycles. The van der Waals surface area contributed by atoms with Crippen LogP contribution in [-0.2, 0) is 0 Å². The summed E-state index contributed by atoms with van der Waals surface area (Å²) in [6, 6.07) is 22.3. The van der Waals surface area contributed by atoms with Gasteiger partial charge in [-0.3, -0.25) is 4.98 Å². The molecule has 2 aromatic carbocycles. The number of benzene rings is 2. The van der Waals surface area contributed by atoms with Gasteiger partial charge in [0.05, 0.1) is 11.2 Å². The van der Waals surface area contributed by atoms with Crippen molar-refractivity contribution in [2.45, 2.75) is 0 Å². The number of rotatable bonds is 2. The summed E-state index contributed by atoms with van der Waals surface area (Å²) in [6.45, 7) is 0. The van der Waals surface area contributed by atoms with E-state index in [-0.39, 0.29) is 5.69 Å². The van der Waals surface area contributed by atoms with E-state index in [9.17, 15) is 4.79 Å². The van der Waals surface area contributed by atoms with E-state index in [4.69, 9.17) is 0 Å². The molecule has 0 aliphatic heterocycles. The summed E-state index contributed by atoms with van der Waals surface area (Å²) in [6.07, 6.45) is 0. The van der Waals surface area contributed by atoms with Crippen LogP contribution >= 0.6 is 0 Å². The minimum atomic E-state index is -0.237. The summed E-state index contributed by atoms with van der Waals surface area (Å²) in [7, 11) is 0. The monoisotopic (exact) mass is 287 g/mol. The number of hydrogen-bond donors (Lipinski definition) is 2. The first-order valence-corrected chi connectivity index (χ1v) is 7.04. The van der Waals surface area contributed by atoms with E-state index in [2.05, 4.69) is 39.2 Å². The number of fused-ring (bicyclic) bond motifs is 1. The molecule has 4 rings (SSSR count). The van der Waals surface area contributed by atoms with Crippen LogP contribution in [-0.4, -0.2) is 15.0 Å². The molecular formula is C18H13N3O. The van der Waals surface area contributed by atoms with Crippen molar-refractivity contribution in [2.75, 3.05) is 0 Å². The second-order valence-electron chi connectivity index (χ2n) is 5.12. The molecule has 0 radical (unpaired) electrons. The van der Waals surface area contributed by atoms with Crippen molar-refractivity contribution in [2.24, 2.45) is 0 Å². The van der Waals surface area contributed by atoms with Crippen molar-refractivity contribution >= 4 is 11.2 Å². The normalized spacial score (nSPS) is 10.9. The van der Waals surface area contributed by atoms with Crippen LogP contribution in [0.4, 0.5) is 0 Å². The second kappa shape index (κ2) is 5.00. The molecule has 0 amide bonds. The molecule has 22 heavy (non-hydrogen) atoms. The Morgan fingerprint density at radius 2 is 1.36 bits per heavy atom. The van der Waals surface area contributed by atoms with Crippen molar-refractivity contribution in [3.63, 3.8) is 0 Å². The zero-order valence-electron chi connectivity index (χ0n) is 11.7. The number of aromatic amines is 2. The van der Waals surface area contributed by atoms with Crippen LogP contribution in [0.5, 0.6) is 0 Å². The maximum absolute atomic E-state index is 11.3. The van der Waals surface area contributed by atoms with Gasteiger partial charge in [-0.05, 0) is 23.3 Å². The van der Waals surface area contributed by atoms with Gasteiger partial charge in [-0.25, -0.2) is 9.78 Å². The molecule has 0 aliphatic carbocycles. The lowest BCUT2D eigenvalue weighted by Gasteiger charge is -2.04. The smallest absolute Gasteiger partial charge is 0.304 e.